The van der Waals surface area contributed by atoms with Crippen molar-refractivity contribution >= 4 is 29.3 Å². The van der Waals surface area contributed by atoms with Crippen LogP contribution in [0.15, 0.2) is 78.9 Å². The molecule has 0 aromatic heterocycles. The molecule has 2 heterocycles. The number of fused-ring (bicyclic) bond motifs is 1. The number of hydrogen-bond donors (Lipinski definition) is 0. The lowest BCUT2D eigenvalue weighted by Gasteiger charge is -2.38. The van der Waals surface area contributed by atoms with Gasteiger partial charge in [0.25, 0.3) is 5.91 Å². The Hall–Kier alpha value is -3.70. The first-order valence-corrected chi connectivity index (χ1v) is 13.2. The van der Waals surface area contributed by atoms with Gasteiger partial charge in [-0.05, 0) is 61.1 Å². The number of anilines is 2. The molecule has 1 fully saturated rings. The van der Waals surface area contributed by atoms with E-state index >= 15 is 0 Å². The minimum Gasteiger partial charge on any atom is -0.312 e. The van der Waals surface area contributed by atoms with Gasteiger partial charge in [-0.3, -0.25) is 14.5 Å². The molecule has 1 saturated heterocycles. The van der Waals surface area contributed by atoms with E-state index in [1.807, 2.05) is 40.1 Å². The normalized spacial score (nSPS) is 16.2. The molecule has 0 saturated carbocycles. The fraction of sp³-hybridized carbons (Fsp3) is 0.312. The maximum atomic E-state index is 13.7. The minimum absolute atomic E-state index is 0.0182. The van der Waals surface area contributed by atoms with Gasteiger partial charge in [0.15, 0.2) is 0 Å². The van der Waals surface area contributed by atoms with Crippen molar-refractivity contribution in [2.75, 3.05) is 29.4 Å². The smallest absolute Gasteiger partial charge is 0.251 e. The summed E-state index contributed by atoms with van der Waals surface area (Å²) in [4.78, 5) is 32.2. The summed E-state index contributed by atoms with van der Waals surface area (Å²) in [6.45, 7) is 7.18. The zero-order valence-electron chi connectivity index (χ0n) is 21.8. The molecule has 190 valence electrons. The molecule has 3 aromatic rings. The molecule has 3 aromatic carbocycles. The summed E-state index contributed by atoms with van der Waals surface area (Å²) in [7, 11) is 0. The van der Waals surface area contributed by atoms with Gasteiger partial charge in [-0.25, -0.2) is 0 Å². The first kappa shape index (κ1) is 25.0. The average Bonchev–Trinajstić information content (AvgIpc) is 3.33. The predicted molar refractivity (Wildman–Crippen MR) is 151 cm³/mol. The van der Waals surface area contributed by atoms with Crippen LogP contribution < -0.4 is 9.80 Å². The molecule has 2 amide bonds. The number of likely N-dealkylation sites (tertiary alicyclic amines) is 1. The number of carbonyl (C=O) groups is 2. The predicted octanol–water partition coefficient (Wildman–Crippen LogP) is 5.62. The van der Waals surface area contributed by atoms with E-state index in [0.717, 1.165) is 55.8 Å². The van der Waals surface area contributed by atoms with E-state index in [1.54, 1.807) is 13.0 Å². The van der Waals surface area contributed by atoms with E-state index in [1.165, 1.54) is 16.7 Å². The SMILES string of the molecule is CC(=O)N1CCc2ccc(N(C(=O)C=Cc3cccc(C)c3)C3CCN(Cc4ccccc4)CC3)cc21. The lowest BCUT2D eigenvalue weighted by Crippen LogP contribution is -2.47. The van der Waals surface area contributed by atoms with Gasteiger partial charge in [-0.1, -0.05) is 66.2 Å². The topological polar surface area (TPSA) is 43.9 Å². The molecular weight excluding hydrogens is 458 g/mol. The van der Waals surface area contributed by atoms with E-state index in [0.29, 0.717) is 6.54 Å². The molecule has 2 aliphatic rings. The van der Waals surface area contributed by atoms with Gasteiger partial charge >= 0.3 is 0 Å². The van der Waals surface area contributed by atoms with E-state index in [9.17, 15) is 9.59 Å². The van der Waals surface area contributed by atoms with Crippen LogP contribution in [0.25, 0.3) is 6.08 Å². The summed E-state index contributed by atoms with van der Waals surface area (Å²) in [6.07, 6.45) is 6.27. The molecule has 5 rings (SSSR count). The Morgan fingerprint density at radius 1 is 0.946 bits per heavy atom. The molecule has 0 N–H and O–H groups in total. The molecule has 0 bridgehead atoms. The van der Waals surface area contributed by atoms with Gasteiger partial charge in [0, 0.05) is 56.6 Å². The highest BCUT2D eigenvalue weighted by molar-refractivity contribution is 6.05. The van der Waals surface area contributed by atoms with Crippen LogP contribution in [0.2, 0.25) is 0 Å². The zero-order valence-corrected chi connectivity index (χ0v) is 21.8. The van der Waals surface area contributed by atoms with E-state index in [4.69, 9.17) is 0 Å². The average molecular weight is 494 g/mol. The molecule has 0 unspecified atom stereocenters. The Bertz CT molecular complexity index is 1290. The van der Waals surface area contributed by atoms with Gasteiger partial charge in [-0.15, -0.1) is 0 Å². The number of benzene rings is 3. The molecule has 0 spiro atoms. The van der Waals surface area contributed by atoms with Crippen molar-refractivity contribution in [2.24, 2.45) is 0 Å². The monoisotopic (exact) mass is 493 g/mol. The van der Waals surface area contributed by atoms with Crippen LogP contribution >= 0.6 is 0 Å². The first-order chi connectivity index (χ1) is 18.0. The van der Waals surface area contributed by atoms with Crippen LogP contribution in [0.5, 0.6) is 0 Å². The molecule has 0 atom stereocenters. The zero-order chi connectivity index (χ0) is 25.8. The first-order valence-electron chi connectivity index (χ1n) is 13.2. The van der Waals surface area contributed by atoms with Crippen LogP contribution in [0, 0.1) is 6.92 Å². The van der Waals surface area contributed by atoms with Crippen LogP contribution in [0.4, 0.5) is 11.4 Å². The molecule has 5 heteroatoms. The van der Waals surface area contributed by atoms with Crippen LogP contribution in [0.1, 0.15) is 42.0 Å². The van der Waals surface area contributed by atoms with Gasteiger partial charge in [0.1, 0.15) is 0 Å². The van der Waals surface area contributed by atoms with Crippen LogP contribution in [-0.2, 0) is 22.6 Å². The standard InChI is InChI=1S/C32H35N3O2/c1-24-7-6-10-26(21-24)11-14-32(37)35(30-13-12-28-15-20-34(25(2)36)31(28)22-30)29-16-18-33(19-17-29)23-27-8-4-3-5-9-27/h3-14,21-22,29H,15-20,23H2,1-2H3. The number of carbonyl (C=O) groups excluding carboxylic acids is 2. The number of aryl methyl sites for hydroxylation is 1. The Kier molecular flexibility index (Phi) is 7.52. The number of piperidine rings is 1. The van der Waals surface area contributed by atoms with Gasteiger partial charge in [0.05, 0.1) is 0 Å². The summed E-state index contributed by atoms with van der Waals surface area (Å²) in [5.74, 6) is 0.0256. The van der Waals surface area contributed by atoms with Crippen LogP contribution in [0.3, 0.4) is 0 Å². The third-order valence-corrected chi connectivity index (χ3v) is 7.49. The molecule has 0 radical (unpaired) electrons. The van der Waals surface area contributed by atoms with Crippen molar-refractivity contribution in [3.05, 3.63) is 101 Å². The Balaban J connectivity index is 1.39. The highest BCUT2D eigenvalue weighted by Crippen LogP contribution is 2.34. The Morgan fingerprint density at radius 2 is 1.73 bits per heavy atom. The Morgan fingerprint density at radius 3 is 2.46 bits per heavy atom. The van der Waals surface area contributed by atoms with Gasteiger partial charge < -0.3 is 9.80 Å². The summed E-state index contributed by atoms with van der Waals surface area (Å²) >= 11 is 0. The number of amides is 2. The van der Waals surface area contributed by atoms with Crippen molar-refractivity contribution in [1.82, 2.24) is 4.90 Å². The van der Waals surface area contributed by atoms with E-state index < -0.39 is 0 Å². The molecule has 5 nitrogen and oxygen atoms in total. The van der Waals surface area contributed by atoms with E-state index in [-0.39, 0.29) is 17.9 Å². The summed E-state index contributed by atoms with van der Waals surface area (Å²) in [5, 5.41) is 0. The van der Waals surface area contributed by atoms with Crippen molar-refractivity contribution in [2.45, 2.75) is 45.7 Å². The molecule has 2 aliphatic heterocycles. The second-order valence-corrected chi connectivity index (χ2v) is 10.2. The maximum absolute atomic E-state index is 13.7. The largest absolute Gasteiger partial charge is 0.312 e. The summed E-state index contributed by atoms with van der Waals surface area (Å²) in [6, 6.07) is 25.0. The van der Waals surface area contributed by atoms with Crippen molar-refractivity contribution < 1.29 is 9.59 Å². The molecular formula is C32H35N3O2. The second kappa shape index (κ2) is 11.1. The minimum atomic E-state index is -0.0182. The fourth-order valence-electron chi connectivity index (χ4n) is 5.56. The summed E-state index contributed by atoms with van der Waals surface area (Å²) < 4.78 is 0. The fourth-order valence-corrected chi connectivity index (χ4v) is 5.56. The highest BCUT2D eigenvalue weighted by atomic mass is 16.2. The third kappa shape index (κ3) is 5.83. The quantitative estimate of drug-likeness (QED) is 0.419. The van der Waals surface area contributed by atoms with Gasteiger partial charge in [-0.2, -0.15) is 0 Å². The molecule has 0 aliphatic carbocycles. The highest BCUT2D eigenvalue weighted by Gasteiger charge is 2.30. The number of rotatable bonds is 6. The molecule has 37 heavy (non-hydrogen) atoms. The summed E-state index contributed by atoms with van der Waals surface area (Å²) in [5.41, 5.74) is 6.47. The Labute approximate surface area is 220 Å². The van der Waals surface area contributed by atoms with Crippen molar-refractivity contribution in [3.63, 3.8) is 0 Å². The van der Waals surface area contributed by atoms with Crippen molar-refractivity contribution in [3.8, 4) is 0 Å². The van der Waals surface area contributed by atoms with E-state index in [2.05, 4.69) is 60.4 Å². The lowest BCUT2D eigenvalue weighted by atomic mass is 10.0. The number of hydrogen-bond acceptors (Lipinski definition) is 3. The lowest BCUT2D eigenvalue weighted by molar-refractivity contribution is -0.116. The third-order valence-electron chi connectivity index (χ3n) is 7.49. The number of nitrogens with zero attached hydrogens (tertiary/aromatic N) is 3. The van der Waals surface area contributed by atoms with Crippen LogP contribution in [-0.4, -0.2) is 42.4 Å². The van der Waals surface area contributed by atoms with Crippen molar-refractivity contribution in [1.29, 1.82) is 0 Å². The van der Waals surface area contributed by atoms with Gasteiger partial charge in [0.2, 0.25) is 5.91 Å². The second-order valence-electron chi connectivity index (χ2n) is 10.2. The maximum Gasteiger partial charge on any atom is 0.251 e.